The molecule has 0 saturated heterocycles. The number of hydrogen-bond acceptors (Lipinski definition) is 6. The zero-order valence-electron chi connectivity index (χ0n) is 17.6. The molecule has 162 valence electrons. The number of methoxy groups -OCH3 is 1. The molecule has 0 bridgehead atoms. The third-order valence-corrected chi connectivity index (χ3v) is 6.40. The van der Waals surface area contributed by atoms with Gasteiger partial charge in [-0.2, -0.15) is 0 Å². The van der Waals surface area contributed by atoms with E-state index in [4.69, 9.17) is 9.15 Å². The van der Waals surface area contributed by atoms with Gasteiger partial charge in [-0.05, 0) is 29.8 Å². The minimum atomic E-state index is -0.559. The topological polar surface area (TPSA) is 73.3 Å². The monoisotopic (exact) mass is 445 g/mol. The van der Waals surface area contributed by atoms with E-state index in [0.717, 1.165) is 22.3 Å². The molecule has 0 aliphatic carbocycles. The summed E-state index contributed by atoms with van der Waals surface area (Å²) >= 11 is 1.38. The number of aliphatic hydroxyl groups excluding tert-OH is 1. The van der Waals surface area contributed by atoms with Crippen LogP contribution in [0.2, 0.25) is 0 Å². The molecule has 2 aromatic heterocycles. The Labute approximate surface area is 189 Å². The standard InChI is InChI=1S/C25H23N3O3S/c1-30-19-12-10-17(11-13-19)14-24-26-27-25(31-24)32-16-18(29)15-28-22-8-4-2-6-20(22)21-7-3-5-9-23(21)28/h2-13,18,29H,14-16H2,1H3. The molecule has 0 radical (unpaired) electrons. The average Bonchev–Trinajstić information content (AvgIpc) is 3.41. The lowest BCUT2D eigenvalue weighted by Gasteiger charge is -2.12. The van der Waals surface area contributed by atoms with Crippen LogP contribution in [0.4, 0.5) is 0 Å². The van der Waals surface area contributed by atoms with Crippen molar-refractivity contribution in [2.75, 3.05) is 12.9 Å². The van der Waals surface area contributed by atoms with Crippen LogP contribution in [0.15, 0.2) is 82.4 Å². The predicted molar refractivity (Wildman–Crippen MR) is 126 cm³/mol. The molecule has 32 heavy (non-hydrogen) atoms. The van der Waals surface area contributed by atoms with Crippen LogP contribution in [0.3, 0.4) is 0 Å². The number of aliphatic hydroxyl groups is 1. The largest absolute Gasteiger partial charge is 0.497 e. The lowest BCUT2D eigenvalue weighted by atomic mass is 10.1. The third-order valence-electron chi connectivity index (χ3n) is 5.44. The van der Waals surface area contributed by atoms with Gasteiger partial charge in [-0.3, -0.25) is 0 Å². The van der Waals surface area contributed by atoms with E-state index < -0.39 is 6.10 Å². The van der Waals surface area contributed by atoms with Gasteiger partial charge in [-0.1, -0.05) is 60.3 Å². The van der Waals surface area contributed by atoms with Gasteiger partial charge < -0.3 is 18.8 Å². The van der Waals surface area contributed by atoms with Crippen molar-refractivity contribution < 1.29 is 14.3 Å². The first-order chi connectivity index (χ1) is 15.7. The molecule has 6 nitrogen and oxygen atoms in total. The molecule has 5 aromatic rings. The number of para-hydroxylation sites is 2. The lowest BCUT2D eigenvalue weighted by Crippen LogP contribution is -2.18. The fourth-order valence-electron chi connectivity index (χ4n) is 3.92. The van der Waals surface area contributed by atoms with E-state index in [2.05, 4.69) is 39.0 Å². The van der Waals surface area contributed by atoms with Gasteiger partial charge >= 0.3 is 0 Å². The van der Waals surface area contributed by atoms with E-state index in [-0.39, 0.29) is 0 Å². The van der Waals surface area contributed by atoms with Crippen molar-refractivity contribution in [3.05, 3.63) is 84.3 Å². The Morgan fingerprint density at radius 1 is 0.938 bits per heavy atom. The third kappa shape index (κ3) is 4.22. The molecule has 1 N–H and O–H groups in total. The van der Waals surface area contributed by atoms with Crippen LogP contribution in [0.5, 0.6) is 5.75 Å². The van der Waals surface area contributed by atoms with E-state index in [0.29, 0.717) is 29.8 Å². The average molecular weight is 446 g/mol. The zero-order valence-corrected chi connectivity index (χ0v) is 18.5. The maximum atomic E-state index is 10.7. The predicted octanol–water partition coefficient (Wildman–Crippen LogP) is 4.93. The molecular weight excluding hydrogens is 422 g/mol. The maximum absolute atomic E-state index is 10.7. The molecule has 1 atom stereocenters. The summed E-state index contributed by atoms with van der Waals surface area (Å²) in [4.78, 5) is 0. The number of nitrogens with zero attached hydrogens (tertiary/aromatic N) is 3. The Hall–Kier alpha value is -3.29. The molecule has 0 spiro atoms. The number of ether oxygens (including phenoxy) is 1. The summed E-state index contributed by atoms with van der Waals surface area (Å²) in [6.45, 7) is 0.494. The molecule has 7 heteroatoms. The second-order valence-electron chi connectivity index (χ2n) is 7.60. The van der Waals surface area contributed by atoms with Gasteiger partial charge in [0.1, 0.15) is 5.75 Å². The lowest BCUT2D eigenvalue weighted by molar-refractivity contribution is 0.181. The van der Waals surface area contributed by atoms with E-state index in [1.165, 1.54) is 22.5 Å². The normalized spacial score (nSPS) is 12.4. The Morgan fingerprint density at radius 3 is 2.25 bits per heavy atom. The van der Waals surface area contributed by atoms with Crippen molar-refractivity contribution in [1.82, 2.24) is 14.8 Å². The van der Waals surface area contributed by atoms with Crippen molar-refractivity contribution in [1.29, 1.82) is 0 Å². The quantitative estimate of drug-likeness (QED) is 0.342. The molecule has 0 fully saturated rings. The van der Waals surface area contributed by atoms with Gasteiger partial charge in [0.25, 0.3) is 5.22 Å². The van der Waals surface area contributed by atoms with Crippen molar-refractivity contribution in [2.45, 2.75) is 24.3 Å². The van der Waals surface area contributed by atoms with Crippen molar-refractivity contribution in [2.24, 2.45) is 0 Å². The van der Waals surface area contributed by atoms with Crippen LogP contribution in [0.1, 0.15) is 11.5 Å². The van der Waals surface area contributed by atoms with Crippen molar-refractivity contribution in [3.8, 4) is 5.75 Å². The highest BCUT2D eigenvalue weighted by Crippen LogP contribution is 2.29. The van der Waals surface area contributed by atoms with Crippen molar-refractivity contribution in [3.63, 3.8) is 0 Å². The molecule has 0 aliphatic heterocycles. The first-order valence-corrected chi connectivity index (χ1v) is 11.4. The smallest absolute Gasteiger partial charge is 0.276 e. The summed E-state index contributed by atoms with van der Waals surface area (Å²) in [5.74, 6) is 1.83. The molecule has 2 heterocycles. The Bertz CT molecular complexity index is 1290. The second-order valence-corrected chi connectivity index (χ2v) is 8.57. The van der Waals surface area contributed by atoms with Gasteiger partial charge in [0.05, 0.1) is 26.2 Å². The first kappa shape index (κ1) is 20.6. The number of rotatable bonds is 8. The highest BCUT2D eigenvalue weighted by Gasteiger charge is 2.15. The fourth-order valence-corrected chi connectivity index (χ4v) is 4.61. The number of hydrogen-bond donors (Lipinski definition) is 1. The van der Waals surface area contributed by atoms with Crippen LogP contribution in [-0.4, -0.2) is 38.8 Å². The summed E-state index contributed by atoms with van der Waals surface area (Å²) in [6, 6.07) is 24.4. The maximum Gasteiger partial charge on any atom is 0.276 e. The molecule has 0 aliphatic rings. The Morgan fingerprint density at radius 2 is 1.59 bits per heavy atom. The molecule has 0 amide bonds. The summed E-state index contributed by atoms with van der Waals surface area (Å²) in [5, 5.41) is 21.9. The van der Waals surface area contributed by atoms with Gasteiger partial charge in [0, 0.05) is 27.6 Å². The van der Waals surface area contributed by atoms with Gasteiger partial charge in [0.15, 0.2) is 0 Å². The summed E-state index contributed by atoms with van der Waals surface area (Å²) in [7, 11) is 1.65. The van der Waals surface area contributed by atoms with Crippen LogP contribution < -0.4 is 4.74 Å². The molecule has 0 saturated carbocycles. The minimum absolute atomic E-state index is 0.463. The molecule has 1 unspecified atom stereocenters. The molecule has 3 aromatic carbocycles. The highest BCUT2D eigenvalue weighted by molar-refractivity contribution is 7.99. The van der Waals surface area contributed by atoms with Gasteiger partial charge in [-0.25, -0.2) is 0 Å². The van der Waals surface area contributed by atoms with E-state index in [9.17, 15) is 5.11 Å². The zero-order chi connectivity index (χ0) is 21.9. The highest BCUT2D eigenvalue weighted by atomic mass is 32.2. The minimum Gasteiger partial charge on any atom is -0.497 e. The SMILES string of the molecule is COc1ccc(Cc2nnc(SCC(O)Cn3c4ccccc4c4ccccc43)o2)cc1. The fraction of sp³-hybridized carbons (Fsp3) is 0.200. The summed E-state index contributed by atoms with van der Waals surface area (Å²) in [5.41, 5.74) is 3.31. The summed E-state index contributed by atoms with van der Waals surface area (Å²) in [6.07, 6.45) is -0.00212. The van der Waals surface area contributed by atoms with Gasteiger partial charge in [-0.15, -0.1) is 10.2 Å². The Balaban J connectivity index is 1.24. The van der Waals surface area contributed by atoms with Crippen LogP contribution in [-0.2, 0) is 13.0 Å². The summed E-state index contributed by atoms with van der Waals surface area (Å²) < 4.78 is 13.1. The number of fused-ring (bicyclic) bond motifs is 3. The van der Waals surface area contributed by atoms with E-state index in [1.54, 1.807) is 7.11 Å². The van der Waals surface area contributed by atoms with Crippen LogP contribution in [0, 0.1) is 0 Å². The van der Waals surface area contributed by atoms with Crippen LogP contribution in [0.25, 0.3) is 21.8 Å². The van der Waals surface area contributed by atoms with Gasteiger partial charge in [0.2, 0.25) is 5.89 Å². The van der Waals surface area contributed by atoms with E-state index in [1.807, 2.05) is 48.5 Å². The molecular formula is C25H23N3O3S. The van der Waals surface area contributed by atoms with Crippen LogP contribution >= 0.6 is 11.8 Å². The second kappa shape index (κ2) is 9.06. The Kier molecular flexibility index (Phi) is 5.83. The number of benzene rings is 3. The van der Waals surface area contributed by atoms with E-state index >= 15 is 0 Å². The van der Waals surface area contributed by atoms with Crippen molar-refractivity contribution >= 4 is 33.6 Å². The molecule has 5 rings (SSSR count). The number of aromatic nitrogens is 3. The number of thioether (sulfide) groups is 1. The first-order valence-electron chi connectivity index (χ1n) is 10.4.